The third-order valence-electron chi connectivity index (χ3n) is 3.97. The number of rotatable bonds is 8. The van der Waals surface area contributed by atoms with E-state index in [0.29, 0.717) is 38.6 Å². The van der Waals surface area contributed by atoms with Crippen LogP contribution in [0.5, 0.6) is 0 Å². The first-order valence-electron chi connectivity index (χ1n) is 7.62. The van der Waals surface area contributed by atoms with Gasteiger partial charge in [0, 0.05) is 33.3 Å². The molecule has 6 heteroatoms. The Morgan fingerprint density at radius 2 is 1.86 bits per heavy atom. The van der Waals surface area contributed by atoms with Crippen LogP contribution in [0.1, 0.15) is 26.2 Å². The molecule has 0 aromatic carbocycles. The van der Waals surface area contributed by atoms with E-state index in [4.69, 9.17) is 4.74 Å². The van der Waals surface area contributed by atoms with E-state index in [1.807, 2.05) is 9.80 Å². The van der Waals surface area contributed by atoms with Gasteiger partial charge in [0.05, 0.1) is 26.7 Å². The lowest BCUT2D eigenvalue weighted by molar-refractivity contribution is -0.142. The molecule has 0 aliphatic carbocycles. The molecule has 0 atom stereocenters. The second kappa shape index (κ2) is 9.73. The molecule has 0 unspecified atom stereocenters. The summed E-state index contributed by atoms with van der Waals surface area (Å²) in [5, 5.41) is 0. The molecule has 122 valence electrons. The highest BCUT2D eigenvalue weighted by molar-refractivity contribution is 5.78. The van der Waals surface area contributed by atoms with Gasteiger partial charge in [-0.1, -0.05) is 6.92 Å². The molecule has 0 spiro atoms. The summed E-state index contributed by atoms with van der Waals surface area (Å²) >= 11 is 0. The number of hydrogen-bond acceptors (Lipinski definition) is 5. The number of esters is 1. The smallest absolute Gasteiger partial charge is 0.306 e. The van der Waals surface area contributed by atoms with Gasteiger partial charge in [-0.05, 0) is 18.8 Å². The second-order valence-electron chi connectivity index (χ2n) is 5.66. The summed E-state index contributed by atoms with van der Waals surface area (Å²) in [7, 11) is 3.01. The van der Waals surface area contributed by atoms with Crippen LogP contribution in [-0.4, -0.2) is 75.2 Å². The number of hydrogen-bond donors (Lipinski definition) is 0. The van der Waals surface area contributed by atoms with Gasteiger partial charge in [0.1, 0.15) is 0 Å². The van der Waals surface area contributed by atoms with Crippen LogP contribution in [0.4, 0.5) is 0 Å². The van der Waals surface area contributed by atoms with E-state index in [-0.39, 0.29) is 11.9 Å². The summed E-state index contributed by atoms with van der Waals surface area (Å²) in [4.78, 5) is 27.4. The average Bonchev–Trinajstić information content (AvgIpc) is 2.50. The molecular formula is C15H28N2O4. The van der Waals surface area contributed by atoms with Gasteiger partial charge in [-0.3, -0.25) is 14.5 Å². The molecule has 0 aromatic heterocycles. The van der Waals surface area contributed by atoms with Crippen LogP contribution in [0.15, 0.2) is 0 Å². The van der Waals surface area contributed by atoms with Gasteiger partial charge >= 0.3 is 5.97 Å². The van der Waals surface area contributed by atoms with E-state index in [1.165, 1.54) is 7.11 Å². The third-order valence-corrected chi connectivity index (χ3v) is 3.97. The van der Waals surface area contributed by atoms with Crippen molar-refractivity contribution in [2.75, 3.05) is 53.6 Å². The zero-order valence-electron chi connectivity index (χ0n) is 13.5. The number of methoxy groups -OCH3 is 2. The summed E-state index contributed by atoms with van der Waals surface area (Å²) < 4.78 is 9.71. The van der Waals surface area contributed by atoms with Crippen molar-refractivity contribution in [1.29, 1.82) is 0 Å². The van der Waals surface area contributed by atoms with Crippen molar-refractivity contribution >= 4 is 11.9 Å². The molecule has 0 radical (unpaired) electrons. The van der Waals surface area contributed by atoms with Crippen molar-refractivity contribution in [3.8, 4) is 0 Å². The molecule has 1 saturated heterocycles. The molecule has 1 rings (SSSR count). The minimum atomic E-state index is -0.253. The minimum absolute atomic E-state index is 0.142. The fraction of sp³-hybridized carbons (Fsp3) is 0.867. The van der Waals surface area contributed by atoms with Crippen molar-refractivity contribution < 1.29 is 19.1 Å². The van der Waals surface area contributed by atoms with Gasteiger partial charge in [0.15, 0.2) is 0 Å². The topological polar surface area (TPSA) is 59.1 Å². The number of ether oxygens (including phenoxy) is 2. The predicted octanol–water partition coefficient (Wildman–Crippen LogP) is 0.756. The van der Waals surface area contributed by atoms with E-state index in [0.717, 1.165) is 25.9 Å². The molecule has 1 aliphatic rings. The van der Waals surface area contributed by atoms with Gasteiger partial charge in [-0.25, -0.2) is 0 Å². The van der Waals surface area contributed by atoms with Crippen molar-refractivity contribution in [1.82, 2.24) is 9.80 Å². The van der Waals surface area contributed by atoms with Crippen LogP contribution in [0.3, 0.4) is 0 Å². The monoisotopic (exact) mass is 300 g/mol. The molecule has 1 amide bonds. The summed E-state index contributed by atoms with van der Waals surface area (Å²) in [6.45, 7) is 5.96. The highest BCUT2D eigenvalue weighted by Crippen LogP contribution is 2.16. The quantitative estimate of drug-likeness (QED) is 0.619. The Bertz CT molecular complexity index is 328. The van der Waals surface area contributed by atoms with E-state index >= 15 is 0 Å². The summed E-state index contributed by atoms with van der Waals surface area (Å²) in [6, 6.07) is 0. The predicted molar refractivity (Wildman–Crippen MR) is 79.9 cm³/mol. The maximum atomic E-state index is 12.3. The van der Waals surface area contributed by atoms with Crippen LogP contribution in [-0.2, 0) is 19.1 Å². The summed E-state index contributed by atoms with van der Waals surface area (Å²) in [6.07, 6.45) is 2.45. The lowest BCUT2D eigenvalue weighted by atomic mass is 9.99. The number of nitrogens with zero attached hydrogens (tertiary/aromatic N) is 2. The Morgan fingerprint density at radius 1 is 1.19 bits per heavy atom. The highest BCUT2D eigenvalue weighted by Gasteiger charge is 2.22. The standard InChI is InChI=1S/C15H28N2O4/c1-13-4-8-17(9-5-13)14(18)12-16(10-11-20-2)7-6-15(19)21-3/h13H,4-12H2,1-3H3. The zero-order valence-corrected chi connectivity index (χ0v) is 13.5. The van der Waals surface area contributed by atoms with Gasteiger partial charge in [-0.2, -0.15) is 0 Å². The van der Waals surface area contributed by atoms with Crippen LogP contribution in [0, 0.1) is 5.92 Å². The average molecular weight is 300 g/mol. The number of carbonyl (C=O) groups excluding carboxylic acids is 2. The molecule has 6 nitrogen and oxygen atoms in total. The second-order valence-corrected chi connectivity index (χ2v) is 5.66. The maximum Gasteiger partial charge on any atom is 0.306 e. The van der Waals surface area contributed by atoms with E-state index in [1.54, 1.807) is 7.11 Å². The first-order valence-corrected chi connectivity index (χ1v) is 7.62. The van der Waals surface area contributed by atoms with Crippen molar-refractivity contribution in [2.24, 2.45) is 5.92 Å². The van der Waals surface area contributed by atoms with Crippen molar-refractivity contribution in [3.63, 3.8) is 0 Å². The Labute approximate surface area is 127 Å². The molecule has 0 saturated carbocycles. The molecular weight excluding hydrogens is 272 g/mol. The van der Waals surface area contributed by atoms with E-state index in [2.05, 4.69) is 11.7 Å². The lowest BCUT2D eigenvalue weighted by Gasteiger charge is -2.32. The zero-order chi connectivity index (χ0) is 15.7. The van der Waals surface area contributed by atoms with Crippen LogP contribution >= 0.6 is 0 Å². The Hall–Kier alpha value is -1.14. The molecule has 1 aliphatic heterocycles. The largest absolute Gasteiger partial charge is 0.469 e. The van der Waals surface area contributed by atoms with Crippen molar-refractivity contribution in [2.45, 2.75) is 26.2 Å². The minimum Gasteiger partial charge on any atom is -0.469 e. The van der Waals surface area contributed by atoms with Crippen molar-refractivity contribution in [3.05, 3.63) is 0 Å². The molecule has 0 N–H and O–H groups in total. The highest BCUT2D eigenvalue weighted by atomic mass is 16.5. The molecule has 21 heavy (non-hydrogen) atoms. The van der Waals surface area contributed by atoms with E-state index in [9.17, 15) is 9.59 Å². The number of piperidine rings is 1. The van der Waals surface area contributed by atoms with Gasteiger partial charge in [0.2, 0.25) is 5.91 Å². The molecule has 1 heterocycles. The lowest BCUT2D eigenvalue weighted by Crippen LogP contribution is -2.45. The first kappa shape index (κ1) is 17.9. The molecule has 0 bridgehead atoms. The normalized spacial score (nSPS) is 16.3. The Balaban J connectivity index is 2.42. The van der Waals surface area contributed by atoms with Gasteiger partial charge < -0.3 is 14.4 Å². The fourth-order valence-corrected chi connectivity index (χ4v) is 2.39. The molecule has 1 fully saturated rings. The maximum absolute atomic E-state index is 12.3. The van der Waals surface area contributed by atoms with Crippen LogP contribution < -0.4 is 0 Å². The van der Waals surface area contributed by atoms with Gasteiger partial charge in [-0.15, -0.1) is 0 Å². The van der Waals surface area contributed by atoms with Crippen LogP contribution in [0.25, 0.3) is 0 Å². The SMILES string of the molecule is COCCN(CCC(=O)OC)CC(=O)N1CCC(C)CC1. The van der Waals surface area contributed by atoms with Gasteiger partial charge in [0.25, 0.3) is 0 Å². The fourth-order valence-electron chi connectivity index (χ4n) is 2.39. The number of carbonyl (C=O) groups is 2. The van der Waals surface area contributed by atoms with Crippen LogP contribution in [0.2, 0.25) is 0 Å². The number of amides is 1. The summed E-state index contributed by atoms with van der Waals surface area (Å²) in [5.74, 6) is 0.595. The third kappa shape index (κ3) is 6.91. The summed E-state index contributed by atoms with van der Waals surface area (Å²) in [5.41, 5.74) is 0. The first-order chi connectivity index (χ1) is 10.1. The number of likely N-dealkylation sites (tertiary alicyclic amines) is 1. The van der Waals surface area contributed by atoms with E-state index < -0.39 is 0 Å². The molecule has 0 aromatic rings. The Kier molecular flexibility index (Phi) is 8.30. The Morgan fingerprint density at radius 3 is 2.43 bits per heavy atom.